The second kappa shape index (κ2) is 4.63. The number of ether oxygens (including phenoxy) is 2. The van der Waals surface area contributed by atoms with Crippen molar-refractivity contribution in [1.82, 2.24) is 4.90 Å². The molecular weight excluding hydrogens is 220 g/mol. The van der Waals surface area contributed by atoms with Crippen LogP contribution in [0.2, 0.25) is 0 Å². The molecule has 1 aromatic rings. The first-order valence-electron chi connectivity index (χ1n) is 5.43. The molecule has 1 saturated heterocycles. The summed E-state index contributed by atoms with van der Waals surface area (Å²) in [6.07, 6.45) is 0. The number of nitrogens with zero attached hydrogens (tertiary/aromatic N) is 1. The van der Waals surface area contributed by atoms with Crippen LogP contribution in [0.1, 0.15) is 10.4 Å². The van der Waals surface area contributed by atoms with Gasteiger partial charge in [0.15, 0.2) is 11.5 Å². The third kappa shape index (κ3) is 2.06. The summed E-state index contributed by atoms with van der Waals surface area (Å²) in [6, 6.07) is 5.36. The molecule has 5 heteroatoms. The molecule has 1 fully saturated rings. The molecule has 1 amide bonds. The Labute approximate surface area is 100 Å². The number of hydrogen-bond acceptors (Lipinski definition) is 4. The summed E-state index contributed by atoms with van der Waals surface area (Å²) < 4.78 is 10.4. The summed E-state index contributed by atoms with van der Waals surface area (Å²) in [5, 5.41) is 0. The molecule has 0 saturated carbocycles. The Kier molecular flexibility index (Phi) is 3.19. The number of benzene rings is 1. The van der Waals surface area contributed by atoms with E-state index in [1.807, 2.05) is 0 Å². The maximum absolute atomic E-state index is 12.2. The second-order valence-corrected chi connectivity index (χ2v) is 4.01. The number of carbonyl (C=O) groups excluding carboxylic acids is 1. The van der Waals surface area contributed by atoms with Crippen molar-refractivity contribution < 1.29 is 14.3 Å². The van der Waals surface area contributed by atoms with Gasteiger partial charge in [-0.1, -0.05) is 6.07 Å². The summed E-state index contributed by atoms with van der Waals surface area (Å²) in [5.74, 6) is 0.964. The lowest BCUT2D eigenvalue weighted by atomic mass is 10.1. The van der Waals surface area contributed by atoms with Crippen LogP contribution in [0.3, 0.4) is 0 Å². The van der Waals surface area contributed by atoms with E-state index in [9.17, 15) is 4.79 Å². The highest BCUT2D eigenvalue weighted by molar-refractivity contribution is 5.98. The van der Waals surface area contributed by atoms with Crippen LogP contribution in [0.5, 0.6) is 11.5 Å². The Bertz CT molecular complexity index is 428. The predicted molar refractivity (Wildman–Crippen MR) is 63.4 cm³/mol. The number of likely N-dealkylation sites (tertiary alicyclic amines) is 1. The smallest absolute Gasteiger partial charge is 0.257 e. The lowest BCUT2D eigenvalue weighted by molar-refractivity contribution is 0.0604. The highest BCUT2D eigenvalue weighted by Crippen LogP contribution is 2.32. The van der Waals surface area contributed by atoms with E-state index in [-0.39, 0.29) is 11.9 Å². The zero-order valence-corrected chi connectivity index (χ0v) is 9.97. The lowest BCUT2D eigenvalue weighted by Gasteiger charge is -2.37. The molecule has 1 heterocycles. The zero-order valence-electron chi connectivity index (χ0n) is 9.97. The fraction of sp³-hybridized carbons (Fsp3) is 0.417. The van der Waals surface area contributed by atoms with Gasteiger partial charge in [0, 0.05) is 19.1 Å². The molecule has 92 valence electrons. The van der Waals surface area contributed by atoms with Crippen LogP contribution < -0.4 is 15.2 Å². The maximum Gasteiger partial charge on any atom is 0.257 e. The van der Waals surface area contributed by atoms with Gasteiger partial charge in [-0.25, -0.2) is 0 Å². The van der Waals surface area contributed by atoms with Crippen molar-refractivity contribution in [2.24, 2.45) is 5.73 Å². The fourth-order valence-corrected chi connectivity index (χ4v) is 1.90. The molecule has 0 unspecified atom stereocenters. The summed E-state index contributed by atoms with van der Waals surface area (Å²) in [5.41, 5.74) is 6.17. The number of para-hydroxylation sites is 1. The van der Waals surface area contributed by atoms with Crippen molar-refractivity contribution >= 4 is 5.91 Å². The van der Waals surface area contributed by atoms with Crippen molar-refractivity contribution in [1.29, 1.82) is 0 Å². The van der Waals surface area contributed by atoms with Gasteiger partial charge in [-0.05, 0) is 12.1 Å². The van der Waals surface area contributed by atoms with Crippen LogP contribution >= 0.6 is 0 Å². The molecular formula is C12H16N2O3. The third-order valence-electron chi connectivity index (χ3n) is 2.83. The minimum absolute atomic E-state index is 0.0672. The lowest BCUT2D eigenvalue weighted by Crippen LogP contribution is -2.57. The van der Waals surface area contributed by atoms with Crippen LogP contribution in [0.15, 0.2) is 18.2 Å². The van der Waals surface area contributed by atoms with Crippen molar-refractivity contribution in [3.05, 3.63) is 23.8 Å². The largest absolute Gasteiger partial charge is 0.493 e. The van der Waals surface area contributed by atoms with Gasteiger partial charge in [0.1, 0.15) is 0 Å². The molecule has 0 radical (unpaired) electrons. The monoisotopic (exact) mass is 236 g/mol. The van der Waals surface area contributed by atoms with E-state index in [1.54, 1.807) is 30.2 Å². The van der Waals surface area contributed by atoms with Gasteiger partial charge in [0.25, 0.3) is 5.91 Å². The summed E-state index contributed by atoms with van der Waals surface area (Å²) >= 11 is 0. The van der Waals surface area contributed by atoms with Crippen molar-refractivity contribution in [2.75, 3.05) is 27.3 Å². The number of amides is 1. The standard InChI is InChI=1S/C12H16N2O3/c1-16-10-5-3-4-9(11(10)17-2)12(15)14-6-8(13)7-14/h3-5,8H,6-7,13H2,1-2H3. The first kappa shape index (κ1) is 11.7. The molecule has 1 aliphatic rings. The SMILES string of the molecule is COc1cccc(C(=O)N2CC(N)C2)c1OC. The maximum atomic E-state index is 12.2. The fourth-order valence-electron chi connectivity index (χ4n) is 1.90. The van der Waals surface area contributed by atoms with Gasteiger partial charge in [-0.15, -0.1) is 0 Å². The molecule has 1 aromatic carbocycles. The summed E-state index contributed by atoms with van der Waals surface area (Å²) in [6.45, 7) is 1.19. The highest BCUT2D eigenvalue weighted by Gasteiger charge is 2.30. The van der Waals surface area contributed by atoms with Crippen molar-refractivity contribution in [3.8, 4) is 11.5 Å². The Balaban J connectivity index is 2.28. The van der Waals surface area contributed by atoms with E-state index >= 15 is 0 Å². The van der Waals surface area contributed by atoms with Crippen molar-refractivity contribution in [2.45, 2.75) is 6.04 Å². The first-order valence-corrected chi connectivity index (χ1v) is 5.43. The number of nitrogens with two attached hydrogens (primary N) is 1. The van der Waals surface area contributed by atoms with E-state index in [1.165, 1.54) is 7.11 Å². The Morgan fingerprint density at radius 3 is 2.59 bits per heavy atom. The average Bonchev–Trinajstić information content (AvgIpc) is 2.33. The van der Waals surface area contributed by atoms with Gasteiger partial charge < -0.3 is 20.1 Å². The summed E-state index contributed by atoms with van der Waals surface area (Å²) in [7, 11) is 3.07. The molecule has 0 aliphatic carbocycles. The van der Waals surface area contributed by atoms with Gasteiger partial charge in [-0.2, -0.15) is 0 Å². The number of hydrogen-bond donors (Lipinski definition) is 1. The van der Waals surface area contributed by atoms with Crippen LogP contribution in [0.25, 0.3) is 0 Å². The van der Waals surface area contributed by atoms with E-state index < -0.39 is 0 Å². The van der Waals surface area contributed by atoms with Crippen LogP contribution in [0, 0.1) is 0 Å². The third-order valence-corrected chi connectivity index (χ3v) is 2.83. The van der Waals surface area contributed by atoms with Gasteiger partial charge in [-0.3, -0.25) is 4.79 Å². The quantitative estimate of drug-likeness (QED) is 0.829. The molecule has 0 aromatic heterocycles. The molecule has 1 aliphatic heterocycles. The molecule has 0 spiro atoms. The van der Waals surface area contributed by atoms with Crippen LogP contribution in [-0.2, 0) is 0 Å². The average molecular weight is 236 g/mol. The highest BCUT2D eigenvalue weighted by atomic mass is 16.5. The topological polar surface area (TPSA) is 64.8 Å². The molecule has 0 atom stereocenters. The minimum atomic E-state index is -0.0672. The Hall–Kier alpha value is -1.75. The molecule has 17 heavy (non-hydrogen) atoms. The van der Waals surface area contributed by atoms with E-state index in [2.05, 4.69) is 0 Å². The number of methoxy groups -OCH3 is 2. The second-order valence-electron chi connectivity index (χ2n) is 4.01. The Morgan fingerprint density at radius 1 is 1.35 bits per heavy atom. The zero-order chi connectivity index (χ0) is 12.4. The van der Waals surface area contributed by atoms with E-state index in [0.29, 0.717) is 30.2 Å². The molecule has 2 rings (SSSR count). The van der Waals surface area contributed by atoms with Crippen LogP contribution in [-0.4, -0.2) is 44.2 Å². The number of carbonyl (C=O) groups is 1. The normalized spacial score (nSPS) is 15.4. The summed E-state index contributed by atoms with van der Waals surface area (Å²) in [4.78, 5) is 13.9. The first-order chi connectivity index (χ1) is 8.17. The van der Waals surface area contributed by atoms with Gasteiger partial charge in [0.2, 0.25) is 0 Å². The van der Waals surface area contributed by atoms with Crippen molar-refractivity contribution in [3.63, 3.8) is 0 Å². The predicted octanol–water partition coefficient (Wildman–Crippen LogP) is 0.487. The molecule has 0 bridgehead atoms. The van der Waals surface area contributed by atoms with Crippen LogP contribution in [0.4, 0.5) is 0 Å². The minimum Gasteiger partial charge on any atom is -0.493 e. The van der Waals surface area contributed by atoms with Gasteiger partial charge in [0.05, 0.1) is 19.8 Å². The molecule has 2 N–H and O–H groups in total. The van der Waals surface area contributed by atoms with E-state index in [4.69, 9.17) is 15.2 Å². The van der Waals surface area contributed by atoms with Gasteiger partial charge >= 0.3 is 0 Å². The van der Waals surface area contributed by atoms with E-state index in [0.717, 1.165) is 0 Å². The number of rotatable bonds is 3. The molecule has 5 nitrogen and oxygen atoms in total. The Morgan fingerprint density at radius 2 is 2.06 bits per heavy atom.